The largest absolute Gasteiger partial charge is 0.397 e. The lowest BCUT2D eigenvalue weighted by Gasteiger charge is -2.19. The monoisotopic (exact) mass is 272 g/mol. The van der Waals surface area contributed by atoms with Crippen LogP contribution in [0, 0.1) is 0 Å². The highest BCUT2D eigenvalue weighted by Crippen LogP contribution is 2.31. The quantitative estimate of drug-likeness (QED) is 0.721. The van der Waals surface area contributed by atoms with E-state index < -0.39 is 0 Å². The van der Waals surface area contributed by atoms with E-state index in [1.807, 2.05) is 17.7 Å². The Morgan fingerprint density at radius 1 is 1.45 bits per heavy atom. The average Bonchev–Trinajstić information content (AvgIpc) is 2.82. The molecule has 1 aromatic carbocycles. The molecule has 0 unspecified atom stereocenters. The number of fused-ring (bicyclic) bond motifs is 1. The molecule has 104 valence electrons. The van der Waals surface area contributed by atoms with E-state index >= 15 is 0 Å². The van der Waals surface area contributed by atoms with Crippen molar-refractivity contribution >= 4 is 23.0 Å². The fraction of sp³-hybridized carbons (Fsp3) is 0.308. The van der Waals surface area contributed by atoms with Crippen molar-refractivity contribution in [2.75, 3.05) is 16.4 Å². The molecule has 4 N–H and O–H groups in total. The SMILES string of the molecule is Cn1cnnc1CNc1cc2c(cc1N)NC(=O)CC2. The van der Waals surface area contributed by atoms with Crippen molar-refractivity contribution in [2.45, 2.75) is 19.4 Å². The minimum Gasteiger partial charge on any atom is -0.397 e. The van der Waals surface area contributed by atoms with E-state index in [9.17, 15) is 4.79 Å². The van der Waals surface area contributed by atoms with Gasteiger partial charge >= 0.3 is 0 Å². The second kappa shape index (κ2) is 4.84. The van der Waals surface area contributed by atoms with Gasteiger partial charge < -0.3 is 20.9 Å². The lowest BCUT2D eigenvalue weighted by molar-refractivity contribution is -0.116. The number of rotatable bonds is 3. The molecule has 0 fully saturated rings. The zero-order valence-corrected chi connectivity index (χ0v) is 11.2. The summed E-state index contributed by atoms with van der Waals surface area (Å²) in [5.41, 5.74) is 9.37. The molecule has 20 heavy (non-hydrogen) atoms. The van der Waals surface area contributed by atoms with Crippen LogP contribution in [0.3, 0.4) is 0 Å². The third-order valence-corrected chi connectivity index (χ3v) is 3.41. The molecule has 0 spiro atoms. The summed E-state index contributed by atoms with van der Waals surface area (Å²) in [6.45, 7) is 0.547. The van der Waals surface area contributed by atoms with E-state index in [0.29, 0.717) is 18.7 Å². The number of nitrogens with zero attached hydrogens (tertiary/aromatic N) is 3. The molecule has 2 aromatic rings. The first-order valence-corrected chi connectivity index (χ1v) is 6.42. The summed E-state index contributed by atoms with van der Waals surface area (Å²) in [4.78, 5) is 11.4. The van der Waals surface area contributed by atoms with Gasteiger partial charge in [-0.05, 0) is 24.1 Å². The molecule has 1 aromatic heterocycles. The standard InChI is InChI=1S/C13H16N6O/c1-19-7-16-18-12(19)6-15-11-4-8-2-3-13(20)17-10(8)5-9(11)14/h4-5,7,15H,2-3,6,14H2,1H3,(H,17,20). The molecule has 1 amide bonds. The van der Waals surface area contributed by atoms with E-state index in [1.54, 1.807) is 12.4 Å². The molecular formula is C13H16N6O. The van der Waals surface area contributed by atoms with E-state index in [4.69, 9.17) is 5.73 Å². The first-order valence-electron chi connectivity index (χ1n) is 6.42. The van der Waals surface area contributed by atoms with Gasteiger partial charge in [0.1, 0.15) is 6.33 Å². The molecule has 0 aliphatic carbocycles. The number of nitrogens with two attached hydrogens (primary N) is 1. The summed E-state index contributed by atoms with van der Waals surface area (Å²) < 4.78 is 1.85. The van der Waals surface area contributed by atoms with E-state index in [-0.39, 0.29) is 5.91 Å². The van der Waals surface area contributed by atoms with Crippen molar-refractivity contribution in [1.29, 1.82) is 0 Å². The Bertz CT molecular complexity index is 663. The molecule has 1 aliphatic rings. The Kier molecular flexibility index (Phi) is 3.02. The second-order valence-corrected chi connectivity index (χ2v) is 4.86. The molecular weight excluding hydrogens is 256 g/mol. The van der Waals surface area contributed by atoms with Gasteiger partial charge in [0.15, 0.2) is 5.82 Å². The van der Waals surface area contributed by atoms with Crippen molar-refractivity contribution in [1.82, 2.24) is 14.8 Å². The van der Waals surface area contributed by atoms with Crippen LogP contribution in [0.5, 0.6) is 0 Å². The van der Waals surface area contributed by atoms with Crippen LogP contribution in [0.2, 0.25) is 0 Å². The fourth-order valence-electron chi connectivity index (χ4n) is 2.24. The summed E-state index contributed by atoms with van der Waals surface area (Å²) in [6, 6.07) is 3.78. The third-order valence-electron chi connectivity index (χ3n) is 3.41. The Morgan fingerprint density at radius 2 is 2.30 bits per heavy atom. The van der Waals surface area contributed by atoms with Gasteiger partial charge in [0.25, 0.3) is 0 Å². The van der Waals surface area contributed by atoms with Crippen LogP contribution in [0.15, 0.2) is 18.5 Å². The van der Waals surface area contributed by atoms with Crippen LogP contribution in [0.4, 0.5) is 17.1 Å². The highest BCUT2D eigenvalue weighted by atomic mass is 16.1. The normalized spacial score (nSPS) is 13.8. The minimum atomic E-state index is 0.0386. The van der Waals surface area contributed by atoms with Crippen LogP contribution < -0.4 is 16.4 Å². The van der Waals surface area contributed by atoms with Crippen LogP contribution in [0.1, 0.15) is 17.8 Å². The minimum absolute atomic E-state index is 0.0386. The number of benzene rings is 1. The van der Waals surface area contributed by atoms with Crippen molar-refractivity contribution in [2.24, 2.45) is 7.05 Å². The molecule has 0 bridgehead atoms. The first kappa shape index (κ1) is 12.5. The highest BCUT2D eigenvalue weighted by molar-refractivity contribution is 5.95. The highest BCUT2D eigenvalue weighted by Gasteiger charge is 2.16. The van der Waals surface area contributed by atoms with Gasteiger partial charge in [-0.15, -0.1) is 10.2 Å². The smallest absolute Gasteiger partial charge is 0.224 e. The summed E-state index contributed by atoms with van der Waals surface area (Å²) >= 11 is 0. The lowest BCUT2D eigenvalue weighted by atomic mass is 10.0. The van der Waals surface area contributed by atoms with Crippen LogP contribution in [0.25, 0.3) is 0 Å². The Morgan fingerprint density at radius 3 is 3.05 bits per heavy atom. The molecule has 0 saturated carbocycles. The van der Waals surface area contributed by atoms with Crippen molar-refractivity contribution in [3.63, 3.8) is 0 Å². The number of nitrogens with one attached hydrogen (secondary N) is 2. The predicted molar refractivity (Wildman–Crippen MR) is 76.1 cm³/mol. The summed E-state index contributed by atoms with van der Waals surface area (Å²) in [5, 5.41) is 13.9. The van der Waals surface area contributed by atoms with Crippen molar-refractivity contribution < 1.29 is 4.79 Å². The average molecular weight is 272 g/mol. The van der Waals surface area contributed by atoms with Gasteiger partial charge in [-0.3, -0.25) is 4.79 Å². The molecule has 0 atom stereocenters. The second-order valence-electron chi connectivity index (χ2n) is 4.86. The number of amides is 1. The van der Waals surface area contributed by atoms with Gasteiger partial charge in [0.05, 0.1) is 17.9 Å². The maximum absolute atomic E-state index is 11.4. The van der Waals surface area contributed by atoms with E-state index in [1.165, 1.54) is 0 Å². The molecule has 7 nitrogen and oxygen atoms in total. The van der Waals surface area contributed by atoms with Crippen LogP contribution in [-0.2, 0) is 24.8 Å². The predicted octanol–water partition coefficient (Wildman–Crippen LogP) is 0.894. The maximum atomic E-state index is 11.4. The van der Waals surface area contributed by atoms with Gasteiger partial charge in [0, 0.05) is 19.2 Å². The number of anilines is 3. The number of hydrogen-bond donors (Lipinski definition) is 3. The number of aryl methyl sites for hydroxylation is 2. The van der Waals surface area contributed by atoms with Gasteiger partial charge in [-0.2, -0.15) is 0 Å². The van der Waals surface area contributed by atoms with Crippen LogP contribution >= 0.6 is 0 Å². The van der Waals surface area contributed by atoms with Crippen molar-refractivity contribution in [3.05, 3.63) is 29.8 Å². The van der Waals surface area contributed by atoms with Crippen molar-refractivity contribution in [3.8, 4) is 0 Å². The molecule has 7 heteroatoms. The molecule has 0 saturated heterocycles. The molecule has 1 aliphatic heterocycles. The van der Waals surface area contributed by atoms with Crippen LogP contribution in [-0.4, -0.2) is 20.7 Å². The van der Waals surface area contributed by atoms with Gasteiger partial charge in [-0.25, -0.2) is 0 Å². The third kappa shape index (κ3) is 2.29. The fourth-order valence-corrected chi connectivity index (χ4v) is 2.24. The zero-order chi connectivity index (χ0) is 14.1. The Labute approximate surface area is 116 Å². The maximum Gasteiger partial charge on any atom is 0.224 e. The summed E-state index contributed by atoms with van der Waals surface area (Å²) in [6.07, 6.45) is 2.91. The van der Waals surface area contributed by atoms with E-state index in [2.05, 4.69) is 20.8 Å². The first-order chi connectivity index (χ1) is 9.63. The summed E-state index contributed by atoms with van der Waals surface area (Å²) in [5.74, 6) is 0.868. The Balaban J connectivity index is 1.80. The van der Waals surface area contributed by atoms with Gasteiger partial charge in [-0.1, -0.05) is 0 Å². The number of carbonyl (C=O) groups is 1. The molecule has 2 heterocycles. The molecule has 0 radical (unpaired) electrons. The number of nitrogen functional groups attached to an aromatic ring is 1. The summed E-state index contributed by atoms with van der Waals surface area (Å²) in [7, 11) is 1.89. The van der Waals surface area contributed by atoms with Gasteiger partial charge in [0.2, 0.25) is 5.91 Å². The topological polar surface area (TPSA) is 97.9 Å². The lowest BCUT2D eigenvalue weighted by Crippen LogP contribution is -2.19. The number of aromatic nitrogens is 3. The van der Waals surface area contributed by atoms with E-state index in [0.717, 1.165) is 29.2 Å². The molecule has 3 rings (SSSR count). The number of carbonyl (C=O) groups excluding carboxylic acids is 1. The zero-order valence-electron chi connectivity index (χ0n) is 11.2. The Hall–Kier alpha value is -2.57. The number of hydrogen-bond acceptors (Lipinski definition) is 5.